The average molecular weight is 207 g/mol. The van der Waals surface area contributed by atoms with E-state index in [0.29, 0.717) is 10.7 Å². The summed E-state index contributed by atoms with van der Waals surface area (Å²) < 4.78 is 0. The van der Waals surface area contributed by atoms with Gasteiger partial charge in [0, 0.05) is 10.7 Å². The summed E-state index contributed by atoms with van der Waals surface area (Å²) in [4.78, 5) is 0. The molecule has 2 rings (SSSR count). The molecule has 1 saturated carbocycles. The lowest BCUT2D eigenvalue weighted by atomic mass is 9.65. The van der Waals surface area contributed by atoms with Gasteiger partial charge in [0.15, 0.2) is 0 Å². The molecule has 0 heterocycles. The van der Waals surface area contributed by atoms with Crippen LogP contribution in [0.3, 0.4) is 0 Å². The highest BCUT2D eigenvalue weighted by Gasteiger charge is 2.40. The number of hydrogen-bond acceptors (Lipinski definition) is 2. The first-order valence-corrected chi connectivity index (χ1v) is 5.02. The number of nitriles is 1. The minimum Gasteiger partial charge on any atom is -0.399 e. The van der Waals surface area contributed by atoms with Crippen molar-refractivity contribution in [3.8, 4) is 6.07 Å². The Hall–Kier alpha value is -1.20. The Morgan fingerprint density at radius 1 is 1.43 bits per heavy atom. The van der Waals surface area contributed by atoms with Gasteiger partial charge in [-0.25, -0.2) is 0 Å². The Bertz CT molecular complexity index is 402. The number of benzene rings is 1. The average Bonchev–Trinajstić information content (AvgIpc) is 2.10. The summed E-state index contributed by atoms with van der Waals surface area (Å²) in [6.07, 6.45) is 2.89. The molecule has 0 bridgehead atoms. The molecule has 1 aliphatic carbocycles. The van der Waals surface area contributed by atoms with Crippen molar-refractivity contribution in [1.29, 1.82) is 5.26 Å². The van der Waals surface area contributed by atoms with Gasteiger partial charge in [0.1, 0.15) is 0 Å². The van der Waals surface area contributed by atoms with E-state index in [0.717, 1.165) is 24.8 Å². The van der Waals surface area contributed by atoms with Crippen LogP contribution in [0.15, 0.2) is 18.2 Å². The van der Waals surface area contributed by atoms with Crippen LogP contribution in [-0.4, -0.2) is 0 Å². The third-order valence-electron chi connectivity index (χ3n) is 2.93. The van der Waals surface area contributed by atoms with E-state index >= 15 is 0 Å². The Balaban J connectivity index is 2.50. The lowest BCUT2D eigenvalue weighted by Gasteiger charge is -2.36. The van der Waals surface area contributed by atoms with Crippen molar-refractivity contribution < 1.29 is 0 Å². The number of nitrogens with two attached hydrogens (primary N) is 1. The van der Waals surface area contributed by atoms with Crippen LogP contribution < -0.4 is 5.73 Å². The molecule has 0 radical (unpaired) electrons. The van der Waals surface area contributed by atoms with Crippen LogP contribution >= 0.6 is 11.6 Å². The molecule has 0 unspecified atom stereocenters. The van der Waals surface area contributed by atoms with Crippen LogP contribution in [0.4, 0.5) is 5.69 Å². The summed E-state index contributed by atoms with van der Waals surface area (Å²) in [6, 6.07) is 7.71. The summed E-state index contributed by atoms with van der Waals surface area (Å²) in [5.41, 5.74) is 6.89. The van der Waals surface area contributed by atoms with E-state index in [9.17, 15) is 0 Å². The lowest BCUT2D eigenvalue weighted by Crippen LogP contribution is -2.32. The normalized spacial score (nSPS) is 18.3. The van der Waals surface area contributed by atoms with Gasteiger partial charge in [-0.2, -0.15) is 5.26 Å². The summed E-state index contributed by atoms with van der Waals surface area (Å²) >= 11 is 6.07. The van der Waals surface area contributed by atoms with Gasteiger partial charge in [0.2, 0.25) is 0 Å². The number of nitrogens with zero attached hydrogens (tertiary/aromatic N) is 1. The van der Waals surface area contributed by atoms with Gasteiger partial charge in [0.25, 0.3) is 0 Å². The fourth-order valence-electron chi connectivity index (χ4n) is 1.88. The first-order chi connectivity index (χ1) is 6.68. The van der Waals surface area contributed by atoms with Crippen LogP contribution in [0.1, 0.15) is 24.8 Å². The zero-order chi connectivity index (χ0) is 10.2. The van der Waals surface area contributed by atoms with Gasteiger partial charge in [0.05, 0.1) is 11.5 Å². The number of anilines is 1. The molecule has 72 valence electrons. The SMILES string of the molecule is N#CC1(c2cc(N)ccc2Cl)CCC1. The second-order valence-electron chi connectivity index (χ2n) is 3.79. The molecular formula is C11H11ClN2. The minimum absolute atomic E-state index is 0.369. The van der Waals surface area contributed by atoms with Crippen molar-refractivity contribution in [2.24, 2.45) is 0 Å². The Morgan fingerprint density at radius 3 is 2.64 bits per heavy atom. The van der Waals surface area contributed by atoms with Crippen molar-refractivity contribution in [1.82, 2.24) is 0 Å². The first-order valence-electron chi connectivity index (χ1n) is 4.65. The minimum atomic E-state index is -0.369. The van der Waals surface area contributed by atoms with E-state index < -0.39 is 0 Å². The summed E-state index contributed by atoms with van der Waals surface area (Å²) in [5.74, 6) is 0. The highest BCUT2D eigenvalue weighted by molar-refractivity contribution is 6.31. The first kappa shape index (κ1) is 9.36. The second kappa shape index (κ2) is 3.18. The maximum absolute atomic E-state index is 9.16. The third kappa shape index (κ3) is 1.25. The monoisotopic (exact) mass is 206 g/mol. The summed E-state index contributed by atoms with van der Waals surface area (Å²) in [6.45, 7) is 0. The molecule has 0 atom stereocenters. The van der Waals surface area contributed by atoms with Crippen LogP contribution in [0.25, 0.3) is 0 Å². The van der Waals surface area contributed by atoms with Crippen LogP contribution in [0.5, 0.6) is 0 Å². The van der Waals surface area contributed by atoms with Crippen molar-refractivity contribution in [3.63, 3.8) is 0 Å². The summed E-state index contributed by atoms with van der Waals surface area (Å²) in [5, 5.41) is 9.81. The molecule has 1 fully saturated rings. The maximum atomic E-state index is 9.16. The predicted molar refractivity (Wildman–Crippen MR) is 57.0 cm³/mol. The predicted octanol–water partition coefficient (Wildman–Crippen LogP) is 2.87. The Kier molecular flexibility index (Phi) is 2.13. The highest BCUT2D eigenvalue weighted by atomic mass is 35.5. The number of rotatable bonds is 1. The molecule has 2 N–H and O–H groups in total. The molecule has 1 aromatic rings. The fourth-order valence-corrected chi connectivity index (χ4v) is 2.18. The van der Waals surface area contributed by atoms with Crippen molar-refractivity contribution >= 4 is 17.3 Å². The summed E-state index contributed by atoms with van der Waals surface area (Å²) in [7, 11) is 0. The zero-order valence-electron chi connectivity index (χ0n) is 7.76. The molecule has 0 aromatic heterocycles. The topological polar surface area (TPSA) is 49.8 Å². The van der Waals surface area contributed by atoms with Crippen molar-refractivity contribution in [3.05, 3.63) is 28.8 Å². The molecular weight excluding hydrogens is 196 g/mol. The van der Waals surface area contributed by atoms with Crippen LogP contribution in [0, 0.1) is 11.3 Å². The van der Waals surface area contributed by atoms with Gasteiger partial charge < -0.3 is 5.73 Å². The van der Waals surface area contributed by atoms with Crippen LogP contribution in [0.2, 0.25) is 5.02 Å². The Morgan fingerprint density at radius 2 is 2.14 bits per heavy atom. The molecule has 1 aromatic carbocycles. The largest absolute Gasteiger partial charge is 0.399 e. The zero-order valence-corrected chi connectivity index (χ0v) is 8.51. The van der Waals surface area contributed by atoms with Gasteiger partial charge >= 0.3 is 0 Å². The van der Waals surface area contributed by atoms with Gasteiger partial charge in [-0.05, 0) is 43.0 Å². The molecule has 0 amide bonds. The van der Waals surface area contributed by atoms with Crippen LogP contribution in [-0.2, 0) is 5.41 Å². The molecule has 1 aliphatic rings. The molecule has 0 aliphatic heterocycles. The smallest absolute Gasteiger partial charge is 0.0837 e. The third-order valence-corrected chi connectivity index (χ3v) is 3.26. The molecule has 3 heteroatoms. The van der Waals surface area contributed by atoms with E-state index in [1.165, 1.54) is 0 Å². The number of nitrogen functional groups attached to an aromatic ring is 1. The number of hydrogen-bond donors (Lipinski definition) is 1. The van der Waals surface area contributed by atoms with Gasteiger partial charge in [-0.15, -0.1) is 0 Å². The lowest BCUT2D eigenvalue weighted by molar-refractivity contribution is 0.324. The highest BCUT2D eigenvalue weighted by Crippen LogP contribution is 2.46. The quantitative estimate of drug-likeness (QED) is 0.719. The van der Waals surface area contributed by atoms with E-state index in [2.05, 4.69) is 6.07 Å². The molecule has 0 spiro atoms. The fraction of sp³-hybridized carbons (Fsp3) is 0.364. The van der Waals surface area contributed by atoms with E-state index in [4.69, 9.17) is 22.6 Å². The van der Waals surface area contributed by atoms with E-state index in [-0.39, 0.29) is 5.41 Å². The van der Waals surface area contributed by atoms with Gasteiger partial charge in [-0.1, -0.05) is 11.6 Å². The van der Waals surface area contributed by atoms with Gasteiger partial charge in [-0.3, -0.25) is 0 Å². The van der Waals surface area contributed by atoms with E-state index in [1.54, 1.807) is 12.1 Å². The standard InChI is InChI=1S/C11H11ClN2/c12-10-3-2-8(14)6-9(10)11(7-13)4-1-5-11/h2-3,6H,1,4-5,14H2. The molecule has 14 heavy (non-hydrogen) atoms. The number of halogens is 1. The van der Waals surface area contributed by atoms with E-state index in [1.807, 2.05) is 6.07 Å². The van der Waals surface area contributed by atoms with Crippen molar-refractivity contribution in [2.75, 3.05) is 5.73 Å². The van der Waals surface area contributed by atoms with Crippen molar-refractivity contribution in [2.45, 2.75) is 24.7 Å². The Labute approximate surface area is 88.3 Å². The molecule has 0 saturated heterocycles. The second-order valence-corrected chi connectivity index (χ2v) is 4.19. The molecule has 2 nitrogen and oxygen atoms in total. The maximum Gasteiger partial charge on any atom is 0.0837 e.